The summed E-state index contributed by atoms with van der Waals surface area (Å²) in [5.74, 6) is -0.521. The number of carbonyl (C=O) groups excluding carboxylic acids is 1. The first-order valence-electron chi connectivity index (χ1n) is 8.91. The van der Waals surface area contributed by atoms with Crippen molar-refractivity contribution >= 4 is 23.0 Å². The SMILES string of the molecule is CN(C)c1ccc(/C(=N/NC(=O)c2cccc([N+](=O)[O-])c2)c2ccccc2)cc1. The first kappa shape index (κ1) is 19.8. The molecule has 29 heavy (non-hydrogen) atoms. The molecule has 0 radical (unpaired) electrons. The number of hydrazone groups is 1. The fourth-order valence-corrected chi connectivity index (χ4v) is 2.74. The molecule has 0 aliphatic carbocycles. The number of benzene rings is 3. The minimum atomic E-state index is -0.540. The average molecular weight is 388 g/mol. The van der Waals surface area contributed by atoms with Crippen molar-refractivity contribution in [2.45, 2.75) is 0 Å². The molecule has 1 N–H and O–H groups in total. The van der Waals surface area contributed by atoms with Gasteiger partial charge >= 0.3 is 0 Å². The normalized spacial score (nSPS) is 11.0. The molecule has 0 atom stereocenters. The zero-order valence-corrected chi connectivity index (χ0v) is 16.1. The number of nitro groups is 1. The van der Waals surface area contributed by atoms with Crippen molar-refractivity contribution in [3.8, 4) is 0 Å². The smallest absolute Gasteiger partial charge is 0.271 e. The molecule has 0 aliphatic rings. The van der Waals surface area contributed by atoms with E-state index in [0.29, 0.717) is 5.71 Å². The number of amides is 1. The molecule has 1 amide bonds. The van der Waals surface area contributed by atoms with E-state index in [1.165, 1.54) is 24.3 Å². The molecule has 0 heterocycles. The summed E-state index contributed by atoms with van der Waals surface area (Å²) >= 11 is 0. The van der Waals surface area contributed by atoms with Gasteiger partial charge in [0.1, 0.15) is 0 Å². The maximum Gasteiger partial charge on any atom is 0.271 e. The maximum absolute atomic E-state index is 12.5. The monoisotopic (exact) mass is 388 g/mol. The van der Waals surface area contributed by atoms with E-state index in [-0.39, 0.29) is 11.3 Å². The molecule has 0 spiro atoms. The Balaban J connectivity index is 1.92. The van der Waals surface area contributed by atoms with Gasteiger partial charge in [-0.3, -0.25) is 14.9 Å². The lowest BCUT2D eigenvalue weighted by Crippen LogP contribution is -2.20. The topological polar surface area (TPSA) is 87.8 Å². The van der Waals surface area contributed by atoms with E-state index in [1.807, 2.05) is 73.6 Å². The van der Waals surface area contributed by atoms with Gasteiger partial charge in [-0.25, -0.2) is 5.43 Å². The molecule has 3 aromatic rings. The Morgan fingerprint density at radius 3 is 2.14 bits per heavy atom. The predicted molar refractivity (Wildman–Crippen MR) is 113 cm³/mol. The molecule has 146 valence electrons. The van der Waals surface area contributed by atoms with Crippen molar-refractivity contribution < 1.29 is 9.72 Å². The van der Waals surface area contributed by atoms with Crippen LogP contribution in [-0.4, -0.2) is 30.6 Å². The molecule has 0 fully saturated rings. The van der Waals surface area contributed by atoms with Crippen molar-refractivity contribution in [1.29, 1.82) is 0 Å². The van der Waals surface area contributed by atoms with Crippen LogP contribution in [-0.2, 0) is 0 Å². The minimum Gasteiger partial charge on any atom is -0.378 e. The Morgan fingerprint density at radius 2 is 1.52 bits per heavy atom. The summed E-state index contributed by atoms with van der Waals surface area (Å²) in [5.41, 5.74) is 5.84. The highest BCUT2D eigenvalue weighted by Gasteiger charge is 2.13. The van der Waals surface area contributed by atoms with Gasteiger partial charge in [0.05, 0.1) is 10.6 Å². The number of nitrogens with zero attached hydrogens (tertiary/aromatic N) is 3. The van der Waals surface area contributed by atoms with Gasteiger partial charge in [0, 0.05) is 48.6 Å². The lowest BCUT2D eigenvalue weighted by molar-refractivity contribution is -0.384. The summed E-state index contributed by atoms with van der Waals surface area (Å²) in [7, 11) is 3.92. The van der Waals surface area contributed by atoms with Crippen LogP contribution in [0.3, 0.4) is 0 Å². The second kappa shape index (κ2) is 8.79. The molecule has 3 rings (SSSR count). The van der Waals surface area contributed by atoms with Crippen LogP contribution < -0.4 is 10.3 Å². The van der Waals surface area contributed by atoms with Crippen molar-refractivity contribution in [2.24, 2.45) is 5.10 Å². The van der Waals surface area contributed by atoms with Crippen LogP contribution in [0.4, 0.5) is 11.4 Å². The Kier molecular flexibility index (Phi) is 5.99. The summed E-state index contributed by atoms with van der Waals surface area (Å²) in [6.07, 6.45) is 0. The van der Waals surface area contributed by atoms with E-state index < -0.39 is 10.8 Å². The zero-order chi connectivity index (χ0) is 20.8. The third kappa shape index (κ3) is 4.84. The molecule has 0 unspecified atom stereocenters. The molecule has 7 heteroatoms. The van der Waals surface area contributed by atoms with Gasteiger partial charge in [-0.15, -0.1) is 0 Å². The van der Waals surface area contributed by atoms with E-state index >= 15 is 0 Å². The first-order valence-corrected chi connectivity index (χ1v) is 8.91. The van der Waals surface area contributed by atoms with Gasteiger partial charge in [0.2, 0.25) is 0 Å². The number of anilines is 1. The van der Waals surface area contributed by atoms with Crippen LogP contribution >= 0.6 is 0 Å². The van der Waals surface area contributed by atoms with Crippen molar-refractivity contribution in [2.75, 3.05) is 19.0 Å². The molecule has 3 aromatic carbocycles. The fourth-order valence-electron chi connectivity index (χ4n) is 2.74. The Bertz CT molecular complexity index is 1050. The molecular formula is C22H20N4O3. The van der Waals surface area contributed by atoms with Gasteiger partial charge < -0.3 is 4.90 Å². The van der Waals surface area contributed by atoms with Crippen molar-refractivity contribution in [3.05, 3.63) is 106 Å². The predicted octanol–water partition coefficient (Wildman–Crippen LogP) is 3.84. The third-order valence-electron chi connectivity index (χ3n) is 4.29. The summed E-state index contributed by atoms with van der Waals surface area (Å²) in [4.78, 5) is 24.9. The number of carbonyl (C=O) groups is 1. The largest absolute Gasteiger partial charge is 0.378 e. The Labute approximate surface area is 168 Å². The Morgan fingerprint density at radius 1 is 0.897 bits per heavy atom. The van der Waals surface area contributed by atoms with Crippen molar-refractivity contribution in [1.82, 2.24) is 5.43 Å². The van der Waals surface area contributed by atoms with E-state index in [2.05, 4.69) is 10.5 Å². The van der Waals surface area contributed by atoms with Gasteiger partial charge in [-0.2, -0.15) is 5.10 Å². The van der Waals surface area contributed by atoms with Crippen LogP contribution in [0.1, 0.15) is 21.5 Å². The van der Waals surface area contributed by atoms with Crippen LogP contribution in [0.25, 0.3) is 0 Å². The van der Waals surface area contributed by atoms with Gasteiger partial charge in [-0.1, -0.05) is 48.5 Å². The highest BCUT2D eigenvalue weighted by molar-refractivity contribution is 6.13. The van der Waals surface area contributed by atoms with Gasteiger partial charge in [0.15, 0.2) is 0 Å². The number of nitro benzene ring substituents is 1. The molecule has 0 aliphatic heterocycles. The molecule has 0 saturated heterocycles. The summed E-state index contributed by atoms with van der Waals surface area (Å²) in [5, 5.41) is 15.3. The van der Waals surface area contributed by atoms with E-state index in [4.69, 9.17) is 0 Å². The van der Waals surface area contributed by atoms with Crippen LogP contribution in [0.15, 0.2) is 84.0 Å². The van der Waals surface area contributed by atoms with E-state index in [1.54, 1.807) is 0 Å². The number of nitrogens with one attached hydrogen (secondary N) is 1. The maximum atomic E-state index is 12.5. The standard InChI is InChI=1S/C22H20N4O3/c1-25(2)19-13-11-17(12-14-19)21(16-7-4-3-5-8-16)23-24-22(27)18-9-6-10-20(15-18)26(28)29/h3-15H,1-2H3,(H,24,27)/b23-21+. The summed E-state index contributed by atoms with van der Waals surface area (Å²) in [6, 6.07) is 22.8. The average Bonchev–Trinajstić information content (AvgIpc) is 2.75. The highest BCUT2D eigenvalue weighted by Crippen LogP contribution is 2.17. The van der Waals surface area contributed by atoms with Crippen LogP contribution in [0.2, 0.25) is 0 Å². The van der Waals surface area contributed by atoms with Gasteiger partial charge in [0.25, 0.3) is 11.6 Å². The number of non-ortho nitro benzene ring substituents is 1. The van der Waals surface area contributed by atoms with E-state index in [9.17, 15) is 14.9 Å². The number of rotatable bonds is 6. The number of hydrogen-bond acceptors (Lipinski definition) is 5. The van der Waals surface area contributed by atoms with Crippen LogP contribution in [0, 0.1) is 10.1 Å². The minimum absolute atomic E-state index is 0.149. The van der Waals surface area contributed by atoms with E-state index in [0.717, 1.165) is 16.8 Å². The van der Waals surface area contributed by atoms with Crippen LogP contribution in [0.5, 0.6) is 0 Å². The molecule has 0 saturated carbocycles. The lowest BCUT2D eigenvalue weighted by Gasteiger charge is -2.13. The second-order valence-corrected chi connectivity index (χ2v) is 6.52. The molecule has 7 nitrogen and oxygen atoms in total. The molecular weight excluding hydrogens is 368 g/mol. The molecule has 0 bridgehead atoms. The van der Waals surface area contributed by atoms with Gasteiger partial charge in [-0.05, 0) is 18.2 Å². The van der Waals surface area contributed by atoms with Crippen molar-refractivity contribution in [3.63, 3.8) is 0 Å². The third-order valence-corrected chi connectivity index (χ3v) is 4.29. The Hall–Kier alpha value is -4.00. The summed E-state index contributed by atoms with van der Waals surface area (Å²) in [6.45, 7) is 0. The quantitative estimate of drug-likeness (QED) is 0.395. The zero-order valence-electron chi connectivity index (χ0n) is 16.1. The highest BCUT2D eigenvalue weighted by atomic mass is 16.6. The molecule has 0 aromatic heterocycles. The summed E-state index contributed by atoms with van der Waals surface area (Å²) < 4.78 is 0. The second-order valence-electron chi connectivity index (χ2n) is 6.52. The first-order chi connectivity index (χ1) is 14.0. The number of hydrogen-bond donors (Lipinski definition) is 1. The lowest BCUT2D eigenvalue weighted by atomic mass is 10.0. The fraction of sp³-hybridized carbons (Fsp3) is 0.0909.